The van der Waals surface area contributed by atoms with Crippen molar-refractivity contribution in [2.75, 3.05) is 26.2 Å². The molecule has 6 heteroatoms. The monoisotopic (exact) mass is 444 g/mol. The number of esters is 1. The van der Waals surface area contributed by atoms with E-state index >= 15 is 0 Å². The Morgan fingerprint density at radius 2 is 1.78 bits per heavy atom. The standard InChI is InChI=1S/C26H40N2O4/c1-4-7-13-22(5-2)25(30)28(20-21-11-9-8-10-12-21)19-16-24(29)27-17-14-23(15-18-27)26(31)32-6-3/h8-12,22-23H,4-7,13-20H2,1-3H3. The fourth-order valence-corrected chi connectivity index (χ4v) is 4.30. The van der Waals surface area contributed by atoms with Crippen LogP contribution in [0.15, 0.2) is 30.3 Å². The number of carbonyl (C=O) groups is 3. The third-order valence-electron chi connectivity index (χ3n) is 6.34. The van der Waals surface area contributed by atoms with E-state index in [1.54, 1.807) is 0 Å². The molecule has 0 bridgehead atoms. The lowest BCUT2D eigenvalue weighted by Crippen LogP contribution is -2.43. The van der Waals surface area contributed by atoms with Gasteiger partial charge < -0.3 is 14.5 Å². The number of likely N-dealkylation sites (tertiary alicyclic amines) is 1. The Morgan fingerprint density at radius 3 is 2.38 bits per heavy atom. The van der Waals surface area contributed by atoms with Crippen molar-refractivity contribution in [2.45, 2.75) is 72.3 Å². The van der Waals surface area contributed by atoms with Crippen LogP contribution in [0.25, 0.3) is 0 Å². The summed E-state index contributed by atoms with van der Waals surface area (Å²) in [6.07, 6.45) is 5.43. The van der Waals surface area contributed by atoms with Crippen molar-refractivity contribution < 1.29 is 19.1 Å². The van der Waals surface area contributed by atoms with Gasteiger partial charge >= 0.3 is 5.97 Å². The summed E-state index contributed by atoms with van der Waals surface area (Å²) in [5.41, 5.74) is 1.08. The van der Waals surface area contributed by atoms with Crippen LogP contribution in [0.2, 0.25) is 0 Å². The second-order valence-corrected chi connectivity index (χ2v) is 8.65. The van der Waals surface area contributed by atoms with E-state index in [4.69, 9.17) is 4.74 Å². The van der Waals surface area contributed by atoms with E-state index in [1.807, 2.05) is 47.1 Å². The van der Waals surface area contributed by atoms with E-state index in [9.17, 15) is 14.4 Å². The van der Waals surface area contributed by atoms with Crippen LogP contribution in [0.5, 0.6) is 0 Å². The van der Waals surface area contributed by atoms with Gasteiger partial charge in [-0.1, -0.05) is 57.0 Å². The molecular formula is C26H40N2O4. The van der Waals surface area contributed by atoms with Crippen LogP contribution >= 0.6 is 0 Å². The first-order chi connectivity index (χ1) is 15.5. The molecular weight excluding hydrogens is 404 g/mol. The summed E-state index contributed by atoms with van der Waals surface area (Å²) >= 11 is 0. The van der Waals surface area contributed by atoms with E-state index in [0.717, 1.165) is 31.2 Å². The highest BCUT2D eigenvalue weighted by molar-refractivity contribution is 5.81. The first kappa shape index (κ1) is 25.9. The van der Waals surface area contributed by atoms with Gasteiger partial charge in [0.15, 0.2) is 0 Å². The molecule has 1 aliphatic heterocycles. The summed E-state index contributed by atoms with van der Waals surface area (Å²) in [5.74, 6) is -0.0524. The molecule has 178 valence electrons. The SMILES string of the molecule is CCCCC(CC)C(=O)N(CCC(=O)N1CCC(C(=O)OCC)CC1)Cc1ccccc1. The summed E-state index contributed by atoms with van der Waals surface area (Å²) in [6, 6.07) is 9.97. The highest BCUT2D eigenvalue weighted by Gasteiger charge is 2.29. The number of hydrogen-bond acceptors (Lipinski definition) is 4. The van der Waals surface area contributed by atoms with Gasteiger partial charge in [0.25, 0.3) is 0 Å². The number of unbranched alkanes of at least 4 members (excludes halogenated alkanes) is 1. The van der Waals surface area contributed by atoms with Gasteiger partial charge in [-0.05, 0) is 38.2 Å². The molecule has 2 amide bonds. The molecule has 6 nitrogen and oxygen atoms in total. The summed E-state index contributed by atoms with van der Waals surface area (Å²) in [4.78, 5) is 41.8. The lowest BCUT2D eigenvalue weighted by molar-refractivity contribution is -0.151. The summed E-state index contributed by atoms with van der Waals surface area (Å²) < 4.78 is 5.11. The molecule has 0 spiro atoms. The Labute approximate surface area is 193 Å². The summed E-state index contributed by atoms with van der Waals surface area (Å²) in [7, 11) is 0. The Kier molecular flexibility index (Phi) is 11.3. The van der Waals surface area contributed by atoms with Crippen LogP contribution in [0.3, 0.4) is 0 Å². The van der Waals surface area contributed by atoms with E-state index in [0.29, 0.717) is 52.0 Å². The van der Waals surface area contributed by atoms with E-state index in [2.05, 4.69) is 13.8 Å². The first-order valence-electron chi connectivity index (χ1n) is 12.3. The minimum absolute atomic E-state index is 0.00841. The predicted octanol–water partition coefficient (Wildman–Crippen LogP) is 4.42. The largest absolute Gasteiger partial charge is 0.466 e. The molecule has 1 aromatic rings. The van der Waals surface area contributed by atoms with Crippen molar-refractivity contribution in [3.63, 3.8) is 0 Å². The molecule has 1 saturated heterocycles. The molecule has 0 radical (unpaired) electrons. The predicted molar refractivity (Wildman–Crippen MR) is 126 cm³/mol. The van der Waals surface area contributed by atoms with Crippen LogP contribution in [-0.2, 0) is 25.7 Å². The number of piperidine rings is 1. The molecule has 1 atom stereocenters. The number of nitrogens with zero attached hydrogens (tertiary/aromatic N) is 2. The van der Waals surface area contributed by atoms with E-state index < -0.39 is 0 Å². The molecule has 1 heterocycles. The maximum atomic E-state index is 13.3. The molecule has 1 aliphatic rings. The number of ether oxygens (including phenoxy) is 1. The average molecular weight is 445 g/mol. The molecule has 1 aromatic carbocycles. The minimum atomic E-state index is -0.156. The van der Waals surface area contributed by atoms with E-state index in [-0.39, 0.29) is 29.6 Å². The van der Waals surface area contributed by atoms with E-state index in [1.165, 1.54) is 0 Å². The van der Waals surface area contributed by atoms with Crippen molar-refractivity contribution in [1.82, 2.24) is 9.80 Å². The Morgan fingerprint density at radius 1 is 1.09 bits per heavy atom. The van der Waals surface area contributed by atoms with Gasteiger partial charge in [0, 0.05) is 38.5 Å². The molecule has 1 unspecified atom stereocenters. The molecule has 0 saturated carbocycles. The highest BCUT2D eigenvalue weighted by atomic mass is 16.5. The quantitative estimate of drug-likeness (QED) is 0.448. The normalized spacial score (nSPS) is 15.3. The van der Waals surface area contributed by atoms with Gasteiger partial charge in [-0.2, -0.15) is 0 Å². The van der Waals surface area contributed by atoms with Crippen molar-refractivity contribution >= 4 is 17.8 Å². The highest BCUT2D eigenvalue weighted by Crippen LogP contribution is 2.21. The number of hydrogen-bond donors (Lipinski definition) is 0. The number of rotatable bonds is 12. The van der Waals surface area contributed by atoms with Crippen LogP contribution in [0.1, 0.15) is 71.3 Å². The number of amides is 2. The third kappa shape index (κ3) is 7.95. The molecule has 0 aliphatic carbocycles. The molecule has 2 rings (SSSR count). The summed E-state index contributed by atoms with van der Waals surface area (Å²) in [5, 5.41) is 0. The van der Waals surface area contributed by atoms with Gasteiger partial charge in [-0.15, -0.1) is 0 Å². The first-order valence-corrected chi connectivity index (χ1v) is 12.3. The van der Waals surface area contributed by atoms with Gasteiger partial charge in [0.05, 0.1) is 12.5 Å². The average Bonchev–Trinajstić information content (AvgIpc) is 2.82. The molecule has 0 N–H and O–H groups in total. The van der Waals surface area contributed by atoms with Gasteiger partial charge in [0.2, 0.25) is 11.8 Å². The smallest absolute Gasteiger partial charge is 0.309 e. The zero-order valence-corrected chi connectivity index (χ0v) is 20.1. The lowest BCUT2D eigenvalue weighted by atomic mass is 9.96. The van der Waals surface area contributed by atoms with Gasteiger partial charge in [-0.3, -0.25) is 14.4 Å². The van der Waals surface area contributed by atoms with Crippen LogP contribution in [0, 0.1) is 11.8 Å². The maximum Gasteiger partial charge on any atom is 0.309 e. The van der Waals surface area contributed by atoms with Crippen molar-refractivity contribution in [3.8, 4) is 0 Å². The fraction of sp³-hybridized carbons (Fsp3) is 0.654. The van der Waals surface area contributed by atoms with Crippen LogP contribution in [0.4, 0.5) is 0 Å². The topological polar surface area (TPSA) is 66.9 Å². The fourth-order valence-electron chi connectivity index (χ4n) is 4.30. The summed E-state index contributed by atoms with van der Waals surface area (Å²) in [6.45, 7) is 8.50. The zero-order valence-electron chi connectivity index (χ0n) is 20.1. The van der Waals surface area contributed by atoms with Gasteiger partial charge in [-0.25, -0.2) is 0 Å². The van der Waals surface area contributed by atoms with Crippen LogP contribution < -0.4 is 0 Å². The Hall–Kier alpha value is -2.37. The van der Waals surface area contributed by atoms with Crippen molar-refractivity contribution in [1.29, 1.82) is 0 Å². The Balaban J connectivity index is 1.96. The second kappa shape index (κ2) is 13.9. The zero-order chi connectivity index (χ0) is 23.3. The molecule has 1 fully saturated rings. The van der Waals surface area contributed by atoms with Crippen molar-refractivity contribution in [3.05, 3.63) is 35.9 Å². The Bertz CT molecular complexity index is 714. The maximum absolute atomic E-state index is 13.3. The molecule has 32 heavy (non-hydrogen) atoms. The minimum Gasteiger partial charge on any atom is -0.466 e. The number of carbonyl (C=O) groups excluding carboxylic acids is 3. The second-order valence-electron chi connectivity index (χ2n) is 8.65. The third-order valence-corrected chi connectivity index (χ3v) is 6.34. The van der Waals surface area contributed by atoms with Crippen molar-refractivity contribution in [2.24, 2.45) is 11.8 Å². The molecule has 0 aromatic heterocycles. The lowest BCUT2D eigenvalue weighted by Gasteiger charge is -2.32. The van der Waals surface area contributed by atoms with Gasteiger partial charge in [0.1, 0.15) is 0 Å². The number of benzene rings is 1. The van der Waals surface area contributed by atoms with Crippen LogP contribution in [-0.4, -0.2) is 53.8 Å².